The predicted molar refractivity (Wildman–Crippen MR) is 47.2 cm³/mol. The summed E-state index contributed by atoms with van der Waals surface area (Å²) < 4.78 is 52.2. The first-order valence-electron chi connectivity index (χ1n) is 4.01. The van der Waals surface area contributed by atoms with Crippen LogP contribution in [0.5, 0.6) is 0 Å². The summed E-state index contributed by atoms with van der Waals surface area (Å²) in [6, 6.07) is 0. The molecule has 0 aliphatic carbocycles. The van der Waals surface area contributed by atoms with Gasteiger partial charge in [0.25, 0.3) is 0 Å². The maximum Gasteiger partial charge on any atom is 0.308 e. The Labute approximate surface area is 92.4 Å². The molecule has 0 saturated carbocycles. The van der Waals surface area contributed by atoms with Gasteiger partial charge in [0.05, 0.1) is 12.3 Å². The van der Waals surface area contributed by atoms with Gasteiger partial charge in [0.2, 0.25) is 0 Å². The molecule has 0 saturated heterocycles. The van der Waals surface area contributed by atoms with E-state index in [0.29, 0.717) is 0 Å². The van der Waals surface area contributed by atoms with E-state index in [9.17, 15) is 22.4 Å². The highest BCUT2D eigenvalue weighted by Crippen LogP contribution is 2.25. The van der Waals surface area contributed by atoms with Crippen LogP contribution in [0.15, 0.2) is 0 Å². The molecule has 1 N–H and O–H groups in total. The first kappa shape index (κ1) is 12.8. The predicted octanol–water partition coefficient (Wildman–Crippen LogP) is 2.61. The molecule has 0 aromatic heterocycles. The summed E-state index contributed by atoms with van der Waals surface area (Å²) in [7, 11) is 0. The van der Waals surface area contributed by atoms with Crippen LogP contribution in [0.4, 0.5) is 17.6 Å². The van der Waals surface area contributed by atoms with Gasteiger partial charge in [0.1, 0.15) is 5.82 Å². The molecule has 0 heterocycles. The molecule has 7 heteroatoms. The summed E-state index contributed by atoms with van der Waals surface area (Å²) in [5, 5.41) is 8.36. The maximum absolute atomic E-state index is 13.3. The Hall–Kier alpha value is -1.30. The Balaban J connectivity index is 3.48. The molecule has 0 atom stereocenters. The molecule has 0 aliphatic heterocycles. The minimum absolute atomic E-state index is 0.721. The van der Waals surface area contributed by atoms with Crippen molar-refractivity contribution >= 4 is 17.6 Å². The third kappa shape index (κ3) is 2.11. The molecule has 16 heavy (non-hydrogen) atoms. The third-order valence-corrected chi connectivity index (χ3v) is 2.17. The highest BCUT2D eigenvalue weighted by molar-refractivity contribution is 6.17. The lowest BCUT2D eigenvalue weighted by molar-refractivity contribution is -0.136. The summed E-state index contributed by atoms with van der Waals surface area (Å²) in [6.07, 6.45) is -1.08. The lowest BCUT2D eigenvalue weighted by Gasteiger charge is -2.08. The van der Waals surface area contributed by atoms with Gasteiger partial charge in [0.15, 0.2) is 17.5 Å². The number of aliphatic carboxylic acids is 1. The smallest absolute Gasteiger partial charge is 0.308 e. The molecule has 0 amide bonds. The largest absolute Gasteiger partial charge is 0.481 e. The number of hydrogen-bond donors (Lipinski definition) is 1. The van der Waals surface area contributed by atoms with Crippen LogP contribution in [-0.2, 0) is 17.1 Å². The van der Waals surface area contributed by atoms with Crippen molar-refractivity contribution in [3.8, 4) is 0 Å². The molecule has 1 aromatic rings. The zero-order valence-electron chi connectivity index (χ0n) is 7.66. The van der Waals surface area contributed by atoms with E-state index in [2.05, 4.69) is 0 Å². The molecule has 0 aliphatic rings. The second-order valence-electron chi connectivity index (χ2n) is 2.92. The van der Waals surface area contributed by atoms with Gasteiger partial charge >= 0.3 is 5.97 Å². The van der Waals surface area contributed by atoms with Crippen LogP contribution in [0.2, 0.25) is 0 Å². The Kier molecular flexibility index (Phi) is 3.74. The topological polar surface area (TPSA) is 37.3 Å². The fourth-order valence-corrected chi connectivity index (χ4v) is 1.39. The van der Waals surface area contributed by atoms with Crippen molar-refractivity contribution in [2.45, 2.75) is 12.3 Å². The maximum atomic E-state index is 13.3. The minimum Gasteiger partial charge on any atom is -0.481 e. The van der Waals surface area contributed by atoms with Gasteiger partial charge in [-0.05, 0) is 0 Å². The summed E-state index contributed by atoms with van der Waals surface area (Å²) in [4.78, 5) is 10.3. The summed E-state index contributed by atoms with van der Waals surface area (Å²) in [5.41, 5.74) is -1.92. The molecule has 0 bridgehead atoms. The van der Waals surface area contributed by atoms with Crippen molar-refractivity contribution < 1.29 is 27.5 Å². The minimum atomic E-state index is -1.92. The molecular formula is C9H5ClF4O2. The SMILES string of the molecule is O=C(O)Cc1c(F)c(F)c(F)c(CCl)c1F. The number of hydrogen-bond acceptors (Lipinski definition) is 1. The summed E-state index contributed by atoms with van der Waals surface area (Å²) in [6.45, 7) is 0. The average molecular weight is 257 g/mol. The van der Waals surface area contributed by atoms with Crippen molar-refractivity contribution in [1.82, 2.24) is 0 Å². The number of carbonyl (C=O) groups is 1. The number of halogens is 5. The second kappa shape index (κ2) is 4.69. The Bertz CT molecular complexity index is 448. The van der Waals surface area contributed by atoms with E-state index in [4.69, 9.17) is 16.7 Å². The molecule has 88 valence electrons. The number of benzene rings is 1. The van der Waals surface area contributed by atoms with Crippen molar-refractivity contribution in [2.75, 3.05) is 0 Å². The van der Waals surface area contributed by atoms with Crippen molar-refractivity contribution in [1.29, 1.82) is 0 Å². The van der Waals surface area contributed by atoms with E-state index in [1.165, 1.54) is 0 Å². The van der Waals surface area contributed by atoms with Crippen molar-refractivity contribution in [3.05, 3.63) is 34.4 Å². The van der Waals surface area contributed by atoms with Crippen LogP contribution in [0, 0.1) is 23.3 Å². The standard InChI is InChI=1S/C9H5ClF4O2/c10-2-4-6(11)3(1-5(15)16)7(12)9(14)8(4)13/h1-2H2,(H,15,16). The molecule has 0 radical (unpaired) electrons. The number of rotatable bonds is 3. The van der Waals surface area contributed by atoms with Gasteiger partial charge < -0.3 is 5.11 Å². The van der Waals surface area contributed by atoms with Crippen LogP contribution in [0.25, 0.3) is 0 Å². The zero-order valence-corrected chi connectivity index (χ0v) is 8.42. The highest BCUT2D eigenvalue weighted by atomic mass is 35.5. The van der Waals surface area contributed by atoms with E-state index < -0.39 is 52.7 Å². The highest BCUT2D eigenvalue weighted by Gasteiger charge is 2.25. The van der Waals surface area contributed by atoms with Gasteiger partial charge in [-0.25, -0.2) is 17.6 Å². The van der Waals surface area contributed by atoms with Crippen LogP contribution in [0.3, 0.4) is 0 Å². The normalized spacial score (nSPS) is 10.6. The zero-order chi connectivity index (χ0) is 12.5. The van der Waals surface area contributed by atoms with Crippen LogP contribution in [0.1, 0.15) is 11.1 Å². The first-order chi connectivity index (χ1) is 7.40. The first-order valence-corrected chi connectivity index (χ1v) is 4.55. The van der Waals surface area contributed by atoms with E-state index in [0.717, 1.165) is 0 Å². The van der Waals surface area contributed by atoms with Gasteiger partial charge in [-0.15, -0.1) is 11.6 Å². The van der Waals surface area contributed by atoms with Crippen LogP contribution >= 0.6 is 11.6 Å². The van der Waals surface area contributed by atoms with Crippen molar-refractivity contribution in [2.24, 2.45) is 0 Å². The number of carboxylic acids is 1. The fourth-order valence-electron chi connectivity index (χ4n) is 1.16. The van der Waals surface area contributed by atoms with Crippen molar-refractivity contribution in [3.63, 3.8) is 0 Å². The number of alkyl halides is 1. The van der Waals surface area contributed by atoms with E-state index in [-0.39, 0.29) is 0 Å². The lowest BCUT2D eigenvalue weighted by atomic mass is 10.1. The van der Waals surface area contributed by atoms with Crippen LogP contribution < -0.4 is 0 Å². The quantitative estimate of drug-likeness (QED) is 0.391. The molecule has 1 rings (SSSR count). The van der Waals surface area contributed by atoms with Gasteiger partial charge in [-0.3, -0.25) is 4.79 Å². The molecular weight excluding hydrogens is 252 g/mol. The van der Waals surface area contributed by atoms with Crippen LogP contribution in [-0.4, -0.2) is 11.1 Å². The molecule has 0 spiro atoms. The van der Waals surface area contributed by atoms with E-state index in [1.807, 2.05) is 0 Å². The Morgan fingerprint density at radius 3 is 1.94 bits per heavy atom. The summed E-state index contributed by atoms with van der Waals surface area (Å²) in [5.74, 6) is -9.25. The molecule has 0 fully saturated rings. The molecule has 1 aromatic carbocycles. The van der Waals surface area contributed by atoms with Gasteiger partial charge in [-0.2, -0.15) is 0 Å². The van der Waals surface area contributed by atoms with Gasteiger partial charge in [-0.1, -0.05) is 0 Å². The second-order valence-corrected chi connectivity index (χ2v) is 3.18. The third-order valence-electron chi connectivity index (χ3n) is 1.91. The number of carboxylic acid groups (broad SMARTS) is 1. The Morgan fingerprint density at radius 2 is 1.50 bits per heavy atom. The lowest BCUT2D eigenvalue weighted by Crippen LogP contribution is -2.11. The summed E-state index contributed by atoms with van der Waals surface area (Å²) >= 11 is 5.15. The van der Waals surface area contributed by atoms with Gasteiger partial charge in [0, 0.05) is 11.1 Å². The average Bonchev–Trinajstić information content (AvgIpc) is 2.22. The van der Waals surface area contributed by atoms with E-state index >= 15 is 0 Å². The van der Waals surface area contributed by atoms with E-state index in [1.54, 1.807) is 0 Å². The molecule has 0 unspecified atom stereocenters. The Morgan fingerprint density at radius 1 is 1.00 bits per heavy atom. The fraction of sp³-hybridized carbons (Fsp3) is 0.222. The molecule has 2 nitrogen and oxygen atoms in total. The monoisotopic (exact) mass is 256 g/mol.